The number of pyridine rings is 1. The molecule has 0 saturated heterocycles. The highest BCUT2D eigenvalue weighted by Gasteiger charge is 2.04. The number of nitrogens with two attached hydrogens (primary N) is 1. The lowest BCUT2D eigenvalue weighted by molar-refractivity contribution is 0.804. The lowest BCUT2D eigenvalue weighted by Gasteiger charge is -2.01. The molecule has 0 atom stereocenters. The molecule has 2 N–H and O–H groups in total. The predicted octanol–water partition coefficient (Wildman–Crippen LogP) is 1.19. The fourth-order valence-electron chi connectivity index (χ4n) is 1.16. The van der Waals surface area contributed by atoms with E-state index in [-0.39, 0.29) is 0 Å². The zero-order chi connectivity index (χ0) is 10.8. The normalized spacial score (nSPS) is 10.6. The number of rotatable bonds is 2. The SMILES string of the molecule is Cc1nc(-n2cnc(CN)n2)ccc1Br. The van der Waals surface area contributed by atoms with E-state index in [2.05, 4.69) is 31.0 Å². The van der Waals surface area contributed by atoms with Crippen LogP contribution in [0.15, 0.2) is 22.9 Å². The van der Waals surface area contributed by atoms with Crippen molar-refractivity contribution >= 4 is 15.9 Å². The zero-order valence-electron chi connectivity index (χ0n) is 8.18. The van der Waals surface area contributed by atoms with Gasteiger partial charge in [-0.05, 0) is 35.0 Å². The largest absolute Gasteiger partial charge is 0.324 e. The Labute approximate surface area is 95.5 Å². The van der Waals surface area contributed by atoms with Crippen molar-refractivity contribution in [2.24, 2.45) is 5.73 Å². The van der Waals surface area contributed by atoms with Crippen molar-refractivity contribution in [3.63, 3.8) is 0 Å². The first kappa shape index (κ1) is 10.3. The van der Waals surface area contributed by atoms with Gasteiger partial charge in [-0.1, -0.05) is 0 Å². The summed E-state index contributed by atoms with van der Waals surface area (Å²) in [5.41, 5.74) is 6.34. The van der Waals surface area contributed by atoms with E-state index in [0.717, 1.165) is 16.0 Å². The number of halogens is 1. The lowest BCUT2D eigenvalue weighted by Crippen LogP contribution is -2.03. The average molecular weight is 268 g/mol. The molecule has 2 heterocycles. The molecule has 2 rings (SSSR count). The minimum atomic E-state index is 0.336. The smallest absolute Gasteiger partial charge is 0.164 e. The van der Waals surface area contributed by atoms with E-state index < -0.39 is 0 Å². The predicted molar refractivity (Wildman–Crippen MR) is 59.5 cm³/mol. The molecule has 0 spiro atoms. The first-order valence-electron chi connectivity index (χ1n) is 4.45. The van der Waals surface area contributed by atoms with Crippen LogP contribution in [0.1, 0.15) is 11.5 Å². The Balaban J connectivity index is 2.40. The Morgan fingerprint density at radius 1 is 1.47 bits per heavy atom. The molecule has 2 aromatic heterocycles. The molecular formula is C9H10BrN5. The number of hydrogen-bond donors (Lipinski definition) is 1. The van der Waals surface area contributed by atoms with Crippen LogP contribution in [-0.2, 0) is 6.54 Å². The quantitative estimate of drug-likeness (QED) is 0.888. The minimum Gasteiger partial charge on any atom is -0.324 e. The molecule has 0 unspecified atom stereocenters. The molecule has 0 aliphatic heterocycles. The Morgan fingerprint density at radius 3 is 2.87 bits per heavy atom. The van der Waals surface area contributed by atoms with Gasteiger partial charge in [0.2, 0.25) is 0 Å². The van der Waals surface area contributed by atoms with Gasteiger partial charge in [-0.25, -0.2) is 14.6 Å². The third kappa shape index (κ3) is 2.05. The third-order valence-electron chi connectivity index (χ3n) is 1.96. The fourth-order valence-corrected chi connectivity index (χ4v) is 1.38. The highest BCUT2D eigenvalue weighted by Crippen LogP contribution is 2.15. The van der Waals surface area contributed by atoms with Gasteiger partial charge in [0.1, 0.15) is 6.33 Å². The van der Waals surface area contributed by atoms with Crippen molar-refractivity contribution in [3.05, 3.63) is 34.5 Å². The Morgan fingerprint density at radius 2 is 2.27 bits per heavy atom. The summed E-state index contributed by atoms with van der Waals surface area (Å²) in [5.74, 6) is 1.35. The maximum atomic E-state index is 5.43. The Bertz CT molecular complexity index is 479. The van der Waals surface area contributed by atoms with E-state index in [1.54, 1.807) is 11.0 Å². The zero-order valence-corrected chi connectivity index (χ0v) is 9.77. The van der Waals surface area contributed by atoms with Crippen LogP contribution in [-0.4, -0.2) is 19.7 Å². The summed E-state index contributed by atoms with van der Waals surface area (Å²) in [5, 5.41) is 4.17. The third-order valence-corrected chi connectivity index (χ3v) is 2.80. The summed E-state index contributed by atoms with van der Waals surface area (Å²) in [6, 6.07) is 3.80. The summed E-state index contributed by atoms with van der Waals surface area (Å²) in [6.45, 7) is 2.26. The molecule has 78 valence electrons. The van der Waals surface area contributed by atoms with Gasteiger partial charge in [-0.3, -0.25) is 0 Å². The van der Waals surface area contributed by atoms with Gasteiger partial charge in [0.15, 0.2) is 11.6 Å². The Hall–Kier alpha value is -1.27. The topological polar surface area (TPSA) is 69.6 Å². The van der Waals surface area contributed by atoms with Crippen molar-refractivity contribution < 1.29 is 0 Å². The molecule has 0 aliphatic carbocycles. The number of aryl methyl sites for hydroxylation is 1. The highest BCUT2D eigenvalue weighted by molar-refractivity contribution is 9.10. The monoisotopic (exact) mass is 267 g/mol. The number of nitrogens with zero attached hydrogens (tertiary/aromatic N) is 4. The second kappa shape index (κ2) is 4.08. The highest BCUT2D eigenvalue weighted by atomic mass is 79.9. The second-order valence-electron chi connectivity index (χ2n) is 3.05. The van der Waals surface area contributed by atoms with E-state index in [0.29, 0.717) is 12.4 Å². The second-order valence-corrected chi connectivity index (χ2v) is 3.90. The summed E-state index contributed by atoms with van der Waals surface area (Å²) in [4.78, 5) is 8.40. The molecule has 0 radical (unpaired) electrons. The molecule has 0 bridgehead atoms. The first-order valence-corrected chi connectivity index (χ1v) is 5.24. The van der Waals surface area contributed by atoms with Crippen LogP contribution in [0.25, 0.3) is 5.82 Å². The summed E-state index contributed by atoms with van der Waals surface area (Å²) in [7, 11) is 0. The molecule has 0 aromatic carbocycles. The molecule has 0 aliphatic rings. The molecule has 0 saturated carbocycles. The average Bonchev–Trinajstić information content (AvgIpc) is 2.70. The molecule has 0 fully saturated rings. The molecule has 2 aromatic rings. The molecular weight excluding hydrogens is 258 g/mol. The Kier molecular flexibility index (Phi) is 2.79. The van der Waals surface area contributed by atoms with Crippen LogP contribution >= 0.6 is 15.9 Å². The van der Waals surface area contributed by atoms with Crippen molar-refractivity contribution in [3.8, 4) is 5.82 Å². The van der Waals surface area contributed by atoms with Crippen molar-refractivity contribution in [2.75, 3.05) is 0 Å². The van der Waals surface area contributed by atoms with Gasteiger partial charge in [0.05, 0.1) is 12.2 Å². The molecule has 5 nitrogen and oxygen atoms in total. The number of hydrogen-bond acceptors (Lipinski definition) is 4. The van der Waals surface area contributed by atoms with E-state index in [1.807, 2.05) is 19.1 Å². The maximum Gasteiger partial charge on any atom is 0.164 e. The standard InChI is InChI=1S/C9H10BrN5/c1-6-7(10)2-3-9(13-6)15-5-12-8(4-11)14-15/h2-3,5H,4,11H2,1H3. The lowest BCUT2D eigenvalue weighted by atomic mass is 10.4. The summed E-state index contributed by atoms with van der Waals surface area (Å²) < 4.78 is 2.59. The molecule has 6 heteroatoms. The van der Waals surface area contributed by atoms with Gasteiger partial charge < -0.3 is 5.73 Å². The van der Waals surface area contributed by atoms with Gasteiger partial charge in [0, 0.05) is 4.47 Å². The van der Waals surface area contributed by atoms with E-state index in [4.69, 9.17) is 5.73 Å². The fraction of sp³-hybridized carbons (Fsp3) is 0.222. The van der Waals surface area contributed by atoms with Crippen molar-refractivity contribution in [1.29, 1.82) is 0 Å². The van der Waals surface area contributed by atoms with Crippen LogP contribution in [0.4, 0.5) is 0 Å². The summed E-state index contributed by atoms with van der Waals surface area (Å²) >= 11 is 3.39. The van der Waals surface area contributed by atoms with E-state index >= 15 is 0 Å². The maximum absolute atomic E-state index is 5.43. The minimum absolute atomic E-state index is 0.336. The van der Waals surface area contributed by atoms with Gasteiger partial charge in [-0.2, -0.15) is 0 Å². The van der Waals surface area contributed by atoms with E-state index in [1.165, 1.54) is 0 Å². The van der Waals surface area contributed by atoms with Gasteiger partial charge in [0.25, 0.3) is 0 Å². The van der Waals surface area contributed by atoms with Gasteiger partial charge >= 0.3 is 0 Å². The first-order chi connectivity index (χ1) is 7.20. The van der Waals surface area contributed by atoms with E-state index in [9.17, 15) is 0 Å². The van der Waals surface area contributed by atoms with Gasteiger partial charge in [-0.15, -0.1) is 5.10 Å². The number of aromatic nitrogens is 4. The van der Waals surface area contributed by atoms with Crippen LogP contribution in [0.3, 0.4) is 0 Å². The van der Waals surface area contributed by atoms with Crippen molar-refractivity contribution in [2.45, 2.75) is 13.5 Å². The van der Waals surface area contributed by atoms with Crippen LogP contribution < -0.4 is 5.73 Å². The van der Waals surface area contributed by atoms with Crippen molar-refractivity contribution in [1.82, 2.24) is 19.7 Å². The van der Waals surface area contributed by atoms with Crippen LogP contribution in [0.5, 0.6) is 0 Å². The molecule has 0 amide bonds. The summed E-state index contributed by atoms with van der Waals surface area (Å²) in [6.07, 6.45) is 1.61. The van der Waals surface area contributed by atoms with Crippen LogP contribution in [0.2, 0.25) is 0 Å². The van der Waals surface area contributed by atoms with Crippen LogP contribution in [0, 0.1) is 6.92 Å². The molecule has 15 heavy (non-hydrogen) atoms.